The van der Waals surface area contributed by atoms with E-state index in [2.05, 4.69) is 20.7 Å². The topological polar surface area (TPSA) is 71.8 Å². The van der Waals surface area contributed by atoms with Crippen molar-refractivity contribution in [3.8, 4) is 0 Å². The summed E-state index contributed by atoms with van der Waals surface area (Å²) in [6.07, 6.45) is 3.73. The number of nitrogens with one attached hydrogen (secondary N) is 2. The molecule has 20 heavy (non-hydrogen) atoms. The van der Waals surface area contributed by atoms with Gasteiger partial charge in [0.05, 0.1) is 18.3 Å². The molecule has 108 valence electrons. The maximum absolute atomic E-state index is 11.9. The van der Waals surface area contributed by atoms with E-state index in [4.69, 9.17) is 0 Å². The second-order valence-corrected chi connectivity index (χ2v) is 6.08. The minimum Gasteiger partial charge on any atom is -0.332 e. The van der Waals surface area contributed by atoms with Gasteiger partial charge in [-0.25, -0.2) is 9.78 Å². The van der Waals surface area contributed by atoms with Gasteiger partial charge in [0, 0.05) is 29.9 Å². The van der Waals surface area contributed by atoms with Crippen LogP contribution < -0.4 is 10.6 Å². The lowest BCUT2D eigenvalue weighted by molar-refractivity contribution is 0.237. The van der Waals surface area contributed by atoms with Crippen molar-refractivity contribution in [3.05, 3.63) is 33.5 Å². The quantitative estimate of drug-likeness (QED) is 0.906. The standard InChI is InChI=1S/C13H19N5OS/c1-8-5-14-12(20-8)6-15-13(19)16-9(2)11-7-18(4)17-10(11)3/h5,7,9H,6H2,1-4H3,(H2,15,16,19)/t9-/m1/s1. The minimum absolute atomic E-state index is 0.0817. The molecule has 0 radical (unpaired) electrons. The molecule has 2 amide bonds. The molecule has 0 saturated carbocycles. The molecule has 0 aliphatic rings. The zero-order chi connectivity index (χ0) is 14.7. The number of thiazole rings is 1. The van der Waals surface area contributed by atoms with Gasteiger partial charge >= 0.3 is 6.03 Å². The first kappa shape index (κ1) is 14.5. The van der Waals surface area contributed by atoms with E-state index in [9.17, 15) is 4.79 Å². The van der Waals surface area contributed by atoms with Crippen molar-refractivity contribution in [2.45, 2.75) is 33.4 Å². The maximum Gasteiger partial charge on any atom is 0.315 e. The molecule has 0 fully saturated rings. The van der Waals surface area contributed by atoms with Crippen molar-refractivity contribution in [1.82, 2.24) is 25.4 Å². The Morgan fingerprint density at radius 3 is 2.80 bits per heavy atom. The highest BCUT2D eigenvalue weighted by atomic mass is 32.1. The minimum atomic E-state index is -0.200. The highest BCUT2D eigenvalue weighted by Gasteiger charge is 2.14. The van der Waals surface area contributed by atoms with Gasteiger partial charge < -0.3 is 10.6 Å². The number of aromatic nitrogens is 3. The Kier molecular flexibility index (Phi) is 4.39. The molecule has 2 N–H and O–H groups in total. The van der Waals surface area contributed by atoms with Crippen molar-refractivity contribution in [2.24, 2.45) is 7.05 Å². The molecule has 1 atom stereocenters. The van der Waals surface area contributed by atoms with Gasteiger partial charge in [-0.15, -0.1) is 11.3 Å². The fraction of sp³-hybridized carbons (Fsp3) is 0.462. The van der Waals surface area contributed by atoms with Crippen LogP contribution >= 0.6 is 11.3 Å². The number of carbonyl (C=O) groups is 1. The summed E-state index contributed by atoms with van der Waals surface area (Å²) >= 11 is 1.58. The van der Waals surface area contributed by atoms with E-state index >= 15 is 0 Å². The molecule has 7 heteroatoms. The summed E-state index contributed by atoms with van der Waals surface area (Å²) in [6.45, 7) is 6.32. The van der Waals surface area contributed by atoms with Crippen molar-refractivity contribution < 1.29 is 4.79 Å². The fourth-order valence-corrected chi connectivity index (χ4v) is 2.73. The van der Waals surface area contributed by atoms with Crippen LogP contribution in [-0.2, 0) is 13.6 Å². The van der Waals surface area contributed by atoms with E-state index in [-0.39, 0.29) is 12.1 Å². The lowest BCUT2D eigenvalue weighted by atomic mass is 10.1. The number of aryl methyl sites for hydroxylation is 3. The number of carbonyl (C=O) groups excluding carboxylic acids is 1. The van der Waals surface area contributed by atoms with Gasteiger partial charge in [0.15, 0.2) is 0 Å². The van der Waals surface area contributed by atoms with Gasteiger partial charge in [-0.05, 0) is 20.8 Å². The molecule has 0 unspecified atom stereocenters. The Balaban J connectivity index is 1.86. The van der Waals surface area contributed by atoms with Crippen LogP contribution in [-0.4, -0.2) is 20.8 Å². The summed E-state index contributed by atoms with van der Waals surface area (Å²) in [5.41, 5.74) is 1.95. The Morgan fingerprint density at radius 2 is 2.25 bits per heavy atom. The van der Waals surface area contributed by atoms with Gasteiger partial charge in [-0.1, -0.05) is 0 Å². The molecule has 2 aromatic heterocycles. The number of urea groups is 1. The molecule has 0 spiro atoms. The predicted molar refractivity (Wildman–Crippen MR) is 78.6 cm³/mol. The molecule has 2 rings (SSSR count). The number of rotatable bonds is 4. The summed E-state index contributed by atoms with van der Waals surface area (Å²) < 4.78 is 1.75. The predicted octanol–water partition coefficient (Wildman–Crippen LogP) is 2.05. The summed E-state index contributed by atoms with van der Waals surface area (Å²) in [4.78, 5) is 17.2. The average Bonchev–Trinajstić information content (AvgIpc) is 2.92. The van der Waals surface area contributed by atoms with Crippen LogP contribution in [0.5, 0.6) is 0 Å². The Hall–Kier alpha value is -1.89. The maximum atomic E-state index is 11.9. The fourth-order valence-electron chi connectivity index (χ4n) is 2.01. The molecule has 2 heterocycles. The third-order valence-electron chi connectivity index (χ3n) is 2.93. The van der Waals surface area contributed by atoms with E-state index in [1.165, 1.54) is 0 Å². The van der Waals surface area contributed by atoms with Gasteiger partial charge in [0.25, 0.3) is 0 Å². The molecule has 0 aliphatic heterocycles. The first-order chi connectivity index (χ1) is 9.45. The summed E-state index contributed by atoms with van der Waals surface area (Å²) in [6, 6.07) is -0.282. The zero-order valence-corrected chi connectivity index (χ0v) is 12.9. The SMILES string of the molecule is Cc1cnc(CNC(=O)N[C@H](C)c2cn(C)nc2C)s1. The van der Waals surface area contributed by atoms with Crippen LogP contribution in [0.3, 0.4) is 0 Å². The lowest BCUT2D eigenvalue weighted by Crippen LogP contribution is -2.36. The average molecular weight is 293 g/mol. The Labute approximate surface area is 122 Å². The molecule has 0 saturated heterocycles. The van der Waals surface area contributed by atoms with Gasteiger partial charge in [0.2, 0.25) is 0 Å². The van der Waals surface area contributed by atoms with Crippen LogP contribution in [0.15, 0.2) is 12.4 Å². The monoisotopic (exact) mass is 293 g/mol. The molecule has 6 nitrogen and oxygen atoms in total. The number of hydrogen-bond acceptors (Lipinski definition) is 4. The van der Waals surface area contributed by atoms with E-state index < -0.39 is 0 Å². The smallest absolute Gasteiger partial charge is 0.315 e. The molecule has 0 aliphatic carbocycles. The highest BCUT2D eigenvalue weighted by Crippen LogP contribution is 2.15. The van der Waals surface area contributed by atoms with Crippen molar-refractivity contribution in [3.63, 3.8) is 0 Å². The highest BCUT2D eigenvalue weighted by molar-refractivity contribution is 7.11. The van der Waals surface area contributed by atoms with Crippen molar-refractivity contribution >= 4 is 17.4 Å². The molecular formula is C13H19N5OS. The Bertz CT molecular complexity index is 604. The third-order valence-corrected chi connectivity index (χ3v) is 3.85. The zero-order valence-electron chi connectivity index (χ0n) is 12.1. The van der Waals surface area contributed by atoms with Crippen molar-refractivity contribution in [1.29, 1.82) is 0 Å². The summed E-state index contributed by atoms with van der Waals surface area (Å²) in [5.74, 6) is 0. The van der Waals surface area contributed by atoms with Crippen LogP contribution in [0.1, 0.15) is 34.1 Å². The number of hydrogen-bond donors (Lipinski definition) is 2. The Morgan fingerprint density at radius 1 is 1.50 bits per heavy atom. The molecule has 0 bridgehead atoms. The van der Waals surface area contributed by atoms with E-state index in [0.717, 1.165) is 21.1 Å². The lowest BCUT2D eigenvalue weighted by Gasteiger charge is -2.13. The van der Waals surface area contributed by atoms with Crippen LogP contribution in [0.25, 0.3) is 0 Å². The van der Waals surface area contributed by atoms with Crippen LogP contribution in [0, 0.1) is 13.8 Å². The third kappa shape index (κ3) is 3.57. The second-order valence-electron chi connectivity index (χ2n) is 4.76. The van der Waals surface area contributed by atoms with Gasteiger partial charge in [-0.2, -0.15) is 5.10 Å². The first-order valence-electron chi connectivity index (χ1n) is 6.41. The normalized spacial score (nSPS) is 12.2. The molecule has 0 aromatic carbocycles. The second kappa shape index (κ2) is 6.04. The molecule has 2 aromatic rings. The largest absolute Gasteiger partial charge is 0.332 e. The number of nitrogens with zero attached hydrogens (tertiary/aromatic N) is 3. The number of amides is 2. The van der Waals surface area contributed by atoms with E-state index in [1.807, 2.05) is 34.0 Å². The first-order valence-corrected chi connectivity index (χ1v) is 7.23. The molecular weight excluding hydrogens is 274 g/mol. The van der Waals surface area contributed by atoms with E-state index in [1.54, 1.807) is 22.2 Å². The van der Waals surface area contributed by atoms with Gasteiger partial charge in [-0.3, -0.25) is 4.68 Å². The summed E-state index contributed by atoms with van der Waals surface area (Å²) in [7, 11) is 1.87. The van der Waals surface area contributed by atoms with Crippen LogP contribution in [0.4, 0.5) is 4.79 Å². The van der Waals surface area contributed by atoms with Gasteiger partial charge in [0.1, 0.15) is 5.01 Å². The van der Waals surface area contributed by atoms with E-state index in [0.29, 0.717) is 6.54 Å². The van der Waals surface area contributed by atoms with Crippen LogP contribution in [0.2, 0.25) is 0 Å². The van der Waals surface area contributed by atoms with Crippen molar-refractivity contribution in [2.75, 3.05) is 0 Å². The summed E-state index contributed by atoms with van der Waals surface area (Å²) in [5, 5.41) is 10.9.